The zero-order chi connectivity index (χ0) is 22.5. The van der Waals surface area contributed by atoms with Gasteiger partial charge in [0.25, 0.3) is 5.91 Å². The van der Waals surface area contributed by atoms with E-state index in [0.717, 1.165) is 12.1 Å². The average Bonchev–Trinajstić information content (AvgIpc) is 2.84. The van der Waals surface area contributed by atoms with Crippen molar-refractivity contribution in [3.8, 4) is 0 Å². The first kappa shape index (κ1) is 22.4. The number of carbonyl (C=O) groups is 2. The minimum Gasteiger partial charge on any atom is -0.373 e. The number of hydrogen-bond acceptors (Lipinski definition) is 5. The first-order chi connectivity index (χ1) is 15.5. The molecule has 2 aromatic rings. The van der Waals surface area contributed by atoms with Gasteiger partial charge in [-0.05, 0) is 44.6 Å². The molecule has 3 heterocycles. The fourth-order valence-corrected chi connectivity index (χ4v) is 4.78. The topological polar surface area (TPSA) is 66.0 Å². The van der Waals surface area contributed by atoms with E-state index < -0.39 is 0 Å². The van der Waals surface area contributed by atoms with Crippen molar-refractivity contribution in [2.45, 2.75) is 25.0 Å². The normalized spacial score (nSPS) is 22.2. The van der Waals surface area contributed by atoms with Gasteiger partial charge in [0.2, 0.25) is 5.91 Å². The molecule has 1 aromatic carbocycles. The Balaban J connectivity index is 1.46. The maximum atomic E-state index is 13.7. The molecule has 0 radical (unpaired) electrons. The Bertz CT molecular complexity index is 898. The van der Waals surface area contributed by atoms with Crippen molar-refractivity contribution < 1.29 is 14.3 Å². The van der Waals surface area contributed by atoms with Crippen LogP contribution in [0.3, 0.4) is 0 Å². The van der Waals surface area contributed by atoms with Gasteiger partial charge in [-0.15, -0.1) is 0 Å². The van der Waals surface area contributed by atoms with Crippen LogP contribution >= 0.6 is 0 Å². The van der Waals surface area contributed by atoms with Gasteiger partial charge in [0.05, 0.1) is 18.8 Å². The first-order valence-electron chi connectivity index (χ1n) is 11.4. The average molecular weight is 437 g/mol. The molecule has 0 aliphatic carbocycles. The number of nitrogens with zero attached hydrogens (tertiary/aromatic N) is 4. The van der Waals surface area contributed by atoms with Crippen molar-refractivity contribution in [3.63, 3.8) is 0 Å². The second-order valence-electron chi connectivity index (χ2n) is 8.86. The van der Waals surface area contributed by atoms with Crippen molar-refractivity contribution in [1.82, 2.24) is 19.7 Å². The van der Waals surface area contributed by atoms with Gasteiger partial charge in [-0.1, -0.05) is 30.3 Å². The lowest BCUT2D eigenvalue weighted by molar-refractivity contribution is -0.153. The fourth-order valence-electron chi connectivity index (χ4n) is 4.78. The third-order valence-corrected chi connectivity index (χ3v) is 6.38. The lowest BCUT2D eigenvalue weighted by Gasteiger charge is -2.44. The highest BCUT2D eigenvalue weighted by atomic mass is 16.5. The maximum absolute atomic E-state index is 13.7. The number of rotatable bonds is 5. The van der Waals surface area contributed by atoms with Crippen molar-refractivity contribution >= 4 is 11.8 Å². The molecule has 2 saturated heterocycles. The molecule has 170 valence electrons. The summed E-state index contributed by atoms with van der Waals surface area (Å²) in [7, 11) is 4.06. The number of hydrogen-bond donors (Lipinski definition) is 0. The van der Waals surface area contributed by atoms with Crippen LogP contribution in [0.5, 0.6) is 0 Å². The number of amides is 2. The highest BCUT2D eigenvalue weighted by Gasteiger charge is 2.40. The minimum absolute atomic E-state index is 0.0119. The molecular weight excluding hydrogens is 404 g/mol. The van der Waals surface area contributed by atoms with Crippen LogP contribution in [0.1, 0.15) is 34.8 Å². The van der Waals surface area contributed by atoms with Gasteiger partial charge in [-0.3, -0.25) is 14.6 Å². The van der Waals surface area contributed by atoms with Crippen molar-refractivity contribution in [3.05, 3.63) is 66.0 Å². The Morgan fingerprint density at radius 2 is 1.72 bits per heavy atom. The highest BCUT2D eigenvalue weighted by Crippen LogP contribution is 2.33. The van der Waals surface area contributed by atoms with Crippen LogP contribution in [-0.2, 0) is 9.53 Å². The molecular formula is C25H32N4O3. The second-order valence-corrected chi connectivity index (χ2v) is 8.86. The Morgan fingerprint density at radius 3 is 2.38 bits per heavy atom. The number of ether oxygens (including phenoxy) is 1. The van der Waals surface area contributed by atoms with E-state index >= 15 is 0 Å². The van der Waals surface area contributed by atoms with Crippen LogP contribution in [0.2, 0.25) is 0 Å². The molecule has 0 N–H and O–H groups in total. The van der Waals surface area contributed by atoms with Crippen LogP contribution in [0.15, 0.2) is 54.9 Å². The Morgan fingerprint density at radius 1 is 1.03 bits per heavy atom. The van der Waals surface area contributed by atoms with Gasteiger partial charge >= 0.3 is 0 Å². The van der Waals surface area contributed by atoms with Crippen molar-refractivity contribution in [2.24, 2.45) is 5.92 Å². The summed E-state index contributed by atoms with van der Waals surface area (Å²) in [5, 5.41) is 0. The van der Waals surface area contributed by atoms with E-state index in [4.69, 9.17) is 4.74 Å². The molecule has 7 heteroatoms. The molecule has 2 atom stereocenters. The Labute approximate surface area is 190 Å². The summed E-state index contributed by atoms with van der Waals surface area (Å²) in [5.74, 6) is 0.126. The largest absolute Gasteiger partial charge is 0.373 e. The second kappa shape index (κ2) is 10.2. The van der Waals surface area contributed by atoms with Gasteiger partial charge in [0, 0.05) is 50.1 Å². The first-order valence-corrected chi connectivity index (χ1v) is 11.4. The number of benzene rings is 1. The quantitative estimate of drug-likeness (QED) is 0.721. The zero-order valence-electron chi connectivity index (χ0n) is 18.9. The van der Waals surface area contributed by atoms with Crippen LogP contribution in [0, 0.1) is 5.92 Å². The zero-order valence-corrected chi connectivity index (χ0v) is 18.9. The van der Waals surface area contributed by atoms with Crippen LogP contribution in [0.4, 0.5) is 0 Å². The van der Waals surface area contributed by atoms with E-state index in [0.29, 0.717) is 44.6 Å². The highest BCUT2D eigenvalue weighted by molar-refractivity contribution is 5.94. The predicted octanol–water partition coefficient (Wildman–Crippen LogP) is 2.46. The number of aromatic nitrogens is 1. The predicted molar refractivity (Wildman–Crippen MR) is 122 cm³/mol. The van der Waals surface area contributed by atoms with Gasteiger partial charge in [-0.2, -0.15) is 0 Å². The summed E-state index contributed by atoms with van der Waals surface area (Å²) >= 11 is 0. The summed E-state index contributed by atoms with van der Waals surface area (Å²) in [6, 6.07) is 13.6. The molecule has 0 bridgehead atoms. The van der Waals surface area contributed by atoms with E-state index in [2.05, 4.69) is 22.0 Å². The number of carbonyl (C=O) groups excluding carboxylic acids is 2. The molecule has 0 unspecified atom stereocenters. The lowest BCUT2D eigenvalue weighted by Crippen LogP contribution is -2.53. The molecule has 2 aliphatic heterocycles. The Hall–Kier alpha value is -2.77. The van der Waals surface area contributed by atoms with E-state index in [1.54, 1.807) is 24.5 Å². The molecule has 7 nitrogen and oxygen atoms in total. The summed E-state index contributed by atoms with van der Waals surface area (Å²) in [6.45, 7) is 3.09. The van der Waals surface area contributed by atoms with E-state index in [1.807, 2.05) is 42.1 Å². The van der Waals surface area contributed by atoms with Gasteiger partial charge in [-0.25, -0.2) is 0 Å². The van der Waals surface area contributed by atoms with Gasteiger partial charge < -0.3 is 19.4 Å². The number of pyridine rings is 1. The van der Waals surface area contributed by atoms with Gasteiger partial charge in [0.1, 0.15) is 0 Å². The van der Waals surface area contributed by atoms with Crippen molar-refractivity contribution in [2.75, 3.05) is 46.9 Å². The molecule has 2 fully saturated rings. The maximum Gasteiger partial charge on any atom is 0.253 e. The summed E-state index contributed by atoms with van der Waals surface area (Å²) < 4.78 is 6.13. The summed E-state index contributed by atoms with van der Waals surface area (Å²) in [4.78, 5) is 36.4. The third-order valence-electron chi connectivity index (χ3n) is 6.38. The van der Waals surface area contributed by atoms with Crippen LogP contribution in [0.25, 0.3) is 0 Å². The molecule has 1 aromatic heterocycles. The molecule has 2 aliphatic rings. The molecule has 32 heavy (non-hydrogen) atoms. The van der Waals surface area contributed by atoms with E-state index in [1.165, 1.54) is 0 Å². The molecule has 0 spiro atoms. The van der Waals surface area contributed by atoms with Crippen LogP contribution in [-0.4, -0.2) is 84.5 Å². The summed E-state index contributed by atoms with van der Waals surface area (Å²) in [5.41, 5.74) is 1.76. The molecule has 2 amide bonds. The standard InChI is InChI=1S/C25H32N4O3/c1-27(2)18-22-23(19-6-4-3-5-7-19)29(16-17-32-22)25(31)21-10-14-28(15-11-21)24(30)20-8-12-26-13-9-20/h3-9,12-13,21-23H,10-11,14-18H2,1-2H3/t22-,23-/m0/s1. The number of likely N-dealkylation sites (N-methyl/N-ethyl adjacent to an activating group) is 1. The Kier molecular flexibility index (Phi) is 7.17. The molecule has 0 saturated carbocycles. The number of likely N-dealkylation sites (tertiary alicyclic amines) is 1. The number of morpholine rings is 1. The third kappa shape index (κ3) is 5.00. The lowest BCUT2D eigenvalue weighted by atomic mass is 9.91. The van der Waals surface area contributed by atoms with Crippen LogP contribution < -0.4 is 0 Å². The van der Waals surface area contributed by atoms with E-state index in [-0.39, 0.29) is 29.9 Å². The fraction of sp³-hybridized carbons (Fsp3) is 0.480. The summed E-state index contributed by atoms with van der Waals surface area (Å²) in [6.07, 6.45) is 4.57. The smallest absolute Gasteiger partial charge is 0.253 e. The van der Waals surface area contributed by atoms with E-state index in [9.17, 15) is 9.59 Å². The monoisotopic (exact) mass is 436 g/mol. The number of piperidine rings is 1. The van der Waals surface area contributed by atoms with Crippen molar-refractivity contribution in [1.29, 1.82) is 0 Å². The van der Waals surface area contributed by atoms with Gasteiger partial charge in [0.15, 0.2) is 0 Å². The molecule has 4 rings (SSSR count). The SMILES string of the molecule is CN(C)C[C@@H]1OCCN(C(=O)C2CCN(C(=O)c3ccncc3)CC2)[C@H]1c1ccccc1. The minimum atomic E-state index is -0.101.